The van der Waals surface area contributed by atoms with E-state index in [2.05, 4.69) is 15.2 Å². The summed E-state index contributed by atoms with van der Waals surface area (Å²) in [6, 6.07) is -0.111. The fraction of sp³-hybridized carbons (Fsp3) is 0.667. The maximum Gasteiger partial charge on any atom is 0.239 e. The summed E-state index contributed by atoms with van der Waals surface area (Å²) in [6.07, 6.45) is 0. The topological polar surface area (TPSA) is 93.6 Å². The minimum absolute atomic E-state index is 0.111. The number of anilines is 1. The number of nitrogens with one attached hydrogen (secondary N) is 1. The summed E-state index contributed by atoms with van der Waals surface area (Å²) in [7, 11) is 0. The third kappa shape index (κ3) is 1.68. The largest absolute Gasteiger partial charge is 0.367 e. The number of aromatic nitrogens is 3. The van der Waals surface area contributed by atoms with Crippen LogP contribution in [0.1, 0.15) is 25.7 Å². The first-order valence-corrected chi connectivity index (χ1v) is 3.54. The van der Waals surface area contributed by atoms with Crippen LogP contribution in [-0.4, -0.2) is 15.2 Å². The zero-order valence-electron chi connectivity index (χ0n) is 6.70. The molecule has 0 aliphatic rings. The molecule has 0 aromatic carbocycles. The van der Waals surface area contributed by atoms with Gasteiger partial charge in [-0.3, -0.25) is 5.10 Å². The fourth-order valence-electron chi connectivity index (χ4n) is 0.753. The molecule has 1 aromatic rings. The van der Waals surface area contributed by atoms with Crippen molar-refractivity contribution in [2.24, 2.45) is 11.7 Å². The Hall–Kier alpha value is -1.10. The molecule has 0 bridgehead atoms. The second-order valence-corrected chi connectivity index (χ2v) is 2.85. The van der Waals surface area contributed by atoms with Crippen molar-refractivity contribution >= 4 is 5.95 Å². The van der Waals surface area contributed by atoms with E-state index in [4.69, 9.17) is 11.5 Å². The van der Waals surface area contributed by atoms with E-state index in [-0.39, 0.29) is 12.0 Å². The summed E-state index contributed by atoms with van der Waals surface area (Å²) in [5, 5.41) is 6.36. The molecule has 1 aromatic heterocycles. The molecule has 0 saturated carbocycles. The molecule has 0 spiro atoms. The predicted octanol–water partition coefficient (Wildman–Crippen LogP) is 0.0427. The molecule has 0 saturated heterocycles. The van der Waals surface area contributed by atoms with Crippen molar-refractivity contribution in [2.45, 2.75) is 19.9 Å². The minimum atomic E-state index is -0.111. The Morgan fingerprint density at radius 2 is 2.09 bits per heavy atom. The highest BCUT2D eigenvalue weighted by atomic mass is 15.3. The van der Waals surface area contributed by atoms with Crippen molar-refractivity contribution < 1.29 is 0 Å². The van der Waals surface area contributed by atoms with Crippen molar-refractivity contribution in [3.63, 3.8) is 0 Å². The third-order valence-electron chi connectivity index (χ3n) is 1.55. The monoisotopic (exact) mass is 155 g/mol. The van der Waals surface area contributed by atoms with Gasteiger partial charge in [0.05, 0.1) is 6.04 Å². The molecule has 1 heterocycles. The van der Waals surface area contributed by atoms with Crippen molar-refractivity contribution in [1.82, 2.24) is 15.2 Å². The van der Waals surface area contributed by atoms with E-state index < -0.39 is 0 Å². The molecule has 0 unspecified atom stereocenters. The van der Waals surface area contributed by atoms with Crippen LogP contribution >= 0.6 is 0 Å². The maximum atomic E-state index is 5.76. The zero-order valence-corrected chi connectivity index (χ0v) is 6.70. The second kappa shape index (κ2) is 2.87. The SMILES string of the molecule is CC(C)[C@H](N)c1nc(N)n[nH]1. The number of rotatable bonds is 2. The van der Waals surface area contributed by atoms with E-state index in [1.165, 1.54) is 0 Å². The molecule has 5 heteroatoms. The molecular weight excluding hydrogens is 142 g/mol. The lowest BCUT2D eigenvalue weighted by Crippen LogP contribution is -2.18. The van der Waals surface area contributed by atoms with Gasteiger partial charge in [0.1, 0.15) is 5.82 Å². The van der Waals surface area contributed by atoms with Crippen LogP contribution in [0.3, 0.4) is 0 Å². The molecule has 62 valence electrons. The predicted molar refractivity (Wildman–Crippen MR) is 42.6 cm³/mol. The van der Waals surface area contributed by atoms with Gasteiger partial charge in [-0.1, -0.05) is 13.8 Å². The van der Waals surface area contributed by atoms with Gasteiger partial charge in [-0.05, 0) is 5.92 Å². The molecule has 0 aliphatic carbocycles. The lowest BCUT2D eigenvalue weighted by Gasteiger charge is -2.10. The Morgan fingerprint density at radius 3 is 2.45 bits per heavy atom. The number of hydrogen-bond donors (Lipinski definition) is 3. The van der Waals surface area contributed by atoms with Crippen LogP contribution < -0.4 is 11.5 Å². The van der Waals surface area contributed by atoms with Gasteiger partial charge in [0.25, 0.3) is 0 Å². The van der Waals surface area contributed by atoms with Crippen LogP contribution in [0.4, 0.5) is 5.95 Å². The normalized spacial score (nSPS) is 13.8. The molecule has 1 rings (SSSR count). The Morgan fingerprint density at radius 1 is 1.45 bits per heavy atom. The lowest BCUT2D eigenvalue weighted by atomic mass is 10.1. The molecule has 11 heavy (non-hydrogen) atoms. The first-order chi connectivity index (χ1) is 5.11. The van der Waals surface area contributed by atoms with Gasteiger partial charge in [-0.15, -0.1) is 5.10 Å². The number of hydrogen-bond acceptors (Lipinski definition) is 4. The third-order valence-corrected chi connectivity index (χ3v) is 1.55. The highest BCUT2D eigenvalue weighted by Crippen LogP contribution is 2.14. The molecule has 0 fully saturated rings. The van der Waals surface area contributed by atoms with E-state index in [1.54, 1.807) is 0 Å². The first kappa shape index (κ1) is 8.00. The molecule has 0 amide bonds. The van der Waals surface area contributed by atoms with Crippen LogP contribution in [-0.2, 0) is 0 Å². The van der Waals surface area contributed by atoms with Gasteiger partial charge >= 0.3 is 0 Å². The van der Waals surface area contributed by atoms with Gasteiger partial charge in [0.15, 0.2) is 0 Å². The summed E-state index contributed by atoms with van der Waals surface area (Å²) in [5.74, 6) is 1.23. The summed E-state index contributed by atoms with van der Waals surface area (Å²) < 4.78 is 0. The molecule has 1 atom stereocenters. The van der Waals surface area contributed by atoms with E-state index in [0.717, 1.165) is 0 Å². The summed E-state index contributed by atoms with van der Waals surface area (Å²) in [5.41, 5.74) is 11.1. The van der Waals surface area contributed by atoms with Gasteiger partial charge in [0.2, 0.25) is 5.95 Å². The quantitative estimate of drug-likeness (QED) is 0.562. The van der Waals surface area contributed by atoms with Gasteiger partial charge in [-0.2, -0.15) is 4.98 Å². The maximum absolute atomic E-state index is 5.76. The van der Waals surface area contributed by atoms with Gasteiger partial charge < -0.3 is 11.5 Å². The molecule has 0 radical (unpaired) electrons. The van der Waals surface area contributed by atoms with E-state index in [9.17, 15) is 0 Å². The smallest absolute Gasteiger partial charge is 0.239 e. The van der Waals surface area contributed by atoms with Crippen molar-refractivity contribution in [3.05, 3.63) is 5.82 Å². The standard InChI is InChI=1S/C6H13N5/c1-3(2)4(7)5-9-6(8)11-10-5/h3-4H,7H2,1-2H3,(H3,8,9,10,11)/t4-/m0/s1. The average Bonchev–Trinajstić information content (AvgIpc) is 2.34. The van der Waals surface area contributed by atoms with Gasteiger partial charge in [-0.25, -0.2) is 0 Å². The summed E-state index contributed by atoms with van der Waals surface area (Å²) in [4.78, 5) is 3.92. The van der Waals surface area contributed by atoms with Crippen molar-refractivity contribution in [2.75, 3.05) is 5.73 Å². The van der Waals surface area contributed by atoms with Crippen molar-refractivity contribution in [1.29, 1.82) is 0 Å². The van der Waals surface area contributed by atoms with Crippen LogP contribution in [0.2, 0.25) is 0 Å². The fourth-order valence-corrected chi connectivity index (χ4v) is 0.753. The minimum Gasteiger partial charge on any atom is -0.367 e. The number of H-pyrrole nitrogens is 1. The Bertz CT molecular complexity index is 229. The number of aromatic amines is 1. The Labute approximate surface area is 65.2 Å². The Kier molecular flexibility index (Phi) is 2.09. The first-order valence-electron chi connectivity index (χ1n) is 3.54. The molecule has 5 N–H and O–H groups in total. The second-order valence-electron chi connectivity index (χ2n) is 2.85. The van der Waals surface area contributed by atoms with Crippen LogP contribution in [0.5, 0.6) is 0 Å². The van der Waals surface area contributed by atoms with Crippen LogP contribution in [0.25, 0.3) is 0 Å². The van der Waals surface area contributed by atoms with Crippen molar-refractivity contribution in [3.8, 4) is 0 Å². The van der Waals surface area contributed by atoms with Crippen LogP contribution in [0.15, 0.2) is 0 Å². The average molecular weight is 155 g/mol. The number of nitrogens with zero attached hydrogens (tertiary/aromatic N) is 2. The zero-order chi connectivity index (χ0) is 8.43. The number of nitrogens with two attached hydrogens (primary N) is 2. The molecule has 5 nitrogen and oxygen atoms in total. The Balaban J connectivity index is 2.76. The number of nitrogen functional groups attached to an aromatic ring is 1. The van der Waals surface area contributed by atoms with E-state index in [1.807, 2.05) is 13.8 Å². The van der Waals surface area contributed by atoms with Crippen LogP contribution in [0, 0.1) is 5.92 Å². The molecule has 0 aliphatic heterocycles. The summed E-state index contributed by atoms with van der Waals surface area (Å²) in [6.45, 7) is 4.03. The molecular formula is C6H13N5. The van der Waals surface area contributed by atoms with Gasteiger partial charge in [0, 0.05) is 0 Å². The highest BCUT2D eigenvalue weighted by Gasteiger charge is 2.13. The van der Waals surface area contributed by atoms with E-state index in [0.29, 0.717) is 11.7 Å². The highest BCUT2D eigenvalue weighted by molar-refractivity contribution is 5.14. The summed E-state index contributed by atoms with van der Waals surface area (Å²) >= 11 is 0. The lowest BCUT2D eigenvalue weighted by molar-refractivity contribution is 0.492. The van der Waals surface area contributed by atoms with E-state index >= 15 is 0 Å².